The zero-order valence-electron chi connectivity index (χ0n) is 31.3. The highest BCUT2D eigenvalue weighted by molar-refractivity contribution is 6.04. The Morgan fingerprint density at radius 3 is 1.95 bits per heavy atom. The van der Waals surface area contributed by atoms with Crippen LogP contribution >= 0.6 is 0 Å². The van der Waals surface area contributed by atoms with Crippen molar-refractivity contribution in [2.45, 2.75) is 11.5 Å². The third kappa shape index (κ3) is 5.38. The lowest BCUT2D eigenvalue weighted by Gasteiger charge is -2.46. The van der Waals surface area contributed by atoms with E-state index in [9.17, 15) is 5.26 Å². The summed E-state index contributed by atoms with van der Waals surface area (Å²) in [7, 11) is 0. The number of para-hydroxylation sites is 1. The first-order valence-electron chi connectivity index (χ1n) is 19.5. The van der Waals surface area contributed by atoms with Gasteiger partial charge in [-0.15, -0.1) is 0 Å². The van der Waals surface area contributed by atoms with Crippen molar-refractivity contribution in [3.8, 4) is 51.2 Å². The number of allylic oxidation sites excluding steroid dienone is 2. The van der Waals surface area contributed by atoms with Gasteiger partial charge >= 0.3 is 0 Å². The third-order valence-electron chi connectivity index (χ3n) is 11.7. The van der Waals surface area contributed by atoms with Gasteiger partial charge in [0, 0.05) is 33.0 Å². The summed E-state index contributed by atoms with van der Waals surface area (Å²) in [4.78, 5) is 10.4. The van der Waals surface area contributed by atoms with Crippen molar-refractivity contribution in [3.05, 3.63) is 217 Å². The standard InChI is InChI=1S/C53H34N4O/c54-33-34-9-7-13-41(29-34)46-25-21-36-18-19-37-22-26-47(57-52(37)51(36)56-46)42-14-8-12-38(30-42)40-23-27-49-45(32-40)53(50-17-5-6-28-55-50,44-15-3-4-16-48(44)58-49)43-24-20-35-10-1-2-11-39(35)31-43/h1-32,50,55H. The van der Waals surface area contributed by atoms with E-state index >= 15 is 0 Å². The Hall–Kier alpha value is -7.81. The summed E-state index contributed by atoms with van der Waals surface area (Å²) in [5, 5.41) is 17.7. The Labute approximate surface area is 335 Å². The number of rotatable bonds is 5. The van der Waals surface area contributed by atoms with E-state index in [1.807, 2.05) is 48.7 Å². The Kier molecular flexibility index (Phi) is 7.77. The number of hydrogen-bond acceptors (Lipinski definition) is 5. The lowest BCUT2D eigenvalue weighted by molar-refractivity contribution is 0.388. The molecule has 0 amide bonds. The maximum atomic E-state index is 9.50. The average Bonchev–Trinajstić information content (AvgIpc) is 3.30. The van der Waals surface area contributed by atoms with Crippen LogP contribution in [-0.4, -0.2) is 16.0 Å². The number of fused-ring (bicyclic) bond motifs is 6. The molecule has 2 aromatic heterocycles. The molecular formula is C53H34N4O. The highest BCUT2D eigenvalue weighted by Gasteiger charge is 2.49. The molecule has 272 valence electrons. The fourth-order valence-corrected chi connectivity index (χ4v) is 8.92. The van der Waals surface area contributed by atoms with Crippen LogP contribution in [0.5, 0.6) is 11.5 Å². The van der Waals surface area contributed by atoms with Crippen molar-refractivity contribution < 1.29 is 4.74 Å². The number of pyridine rings is 2. The summed E-state index contributed by atoms with van der Waals surface area (Å²) >= 11 is 0. The zero-order chi connectivity index (χ0) is 38.6. The first-order chi connectivity index (χ1) is 28.7. The molecule has 0 radical (unpaired) electrons. The van der Waals surface area contributed by atoms with E-state index in [2.05, 4.69) is 157 Å². The molecule has 2 atom stereocenters. The van der Waals surface area contributed by atoms with Crippen molar-refractivity contribution in [1.29, 1.82) is 5.26 Å². The molecule has 0 aliphatic carbocycles. The van der Waals surface area contributed by atoms with Gasteiger partial charge in [0.15, 0.2) is 0 Å². The number of aromatic nitrogens is 2. The van der Waals surface area contributed by atoms with Gasteiger partial charge in [-0.25, -0.2) is 9.97 Å². The molecule has 58 heavy (non-hydrogen) atoms. The van der Waals surface area contributed by atoms with Gasteiger partial charge < -0.3 is 10.1 Å². The van der Waals surface area contributed by atoms with Gasteiger partial charge in [-0.2, -0.15) is 5.26 Å². The molecule has 0 fully saturated rings. The number of dihydropyridines is 1. The highest BCUT2D eigenvalue weighted by Crippen LogP contribution is 2.55. The minimum Gasteiger partial charge on any atom is -0.457 e. The topological polar surface area (TPSA) is 70.8 Å². The molecule has 0 bridgehead atoms. The van der Waals surface area contributed by atoms with Gasteiger partial charge in [0.05, 0.1) is 45.5 Å². The normalized spacial score (nSPS) is 16.6. The average molecular weight is 743 g/mol. The minimum atomic E-state index is -0.619. The molecule has 2 aliphatic heterocycles. The van der Waals surface area contributed by atoms with E-state index in [-0.39, 0.29) is 6.04 Å². The molecule has 7 aromatic carbocycles. The van der Waals surface area contributed by atoms with Gasteiger partial charge in [0.1, 0.15) is 11.5 Å². The first kappa shape index (κ1) is 33.5. The number of ether oxygens (including phenoxy) is 1. The Morgan fingerprint density at radius 2 is 1.17 bits per heavy atom. The van der Waals surface area contributed by atoms with Crippen molar-refractivity contribution in [3.63, 3.8) is 0 Å². The smallest absolute Gasteiger partial charge is 0.132 e. The summed E-state index contributed by atoms with van der Waals surface area (Å²) < 4.78 is 6.74. The maximum absolute atomic E-state index is 9.50. The molecule has 11 rings (SSSR count). The molecule has 0 spiro atoms. The maximum Gasteiger partial charge on any atom is 0.132 e. The largest absolute Gasteiger partial charge is 0.457 e. The SMILES string of the molecule is N#Cc1cccc(-c2ccc3ccc4ccc(-c5cccc(-c6ccc7c(c6)C(c6ccc8ccccc8c6)(C6C=CC=CN6)c6ccccc6O7)c5)nc4c3n2)c1. The van der Waals surface area contributed by atoms with Crippen molar-refractivity contribution in [1.82, 2.24) is 15.3 Å². The van der Waals surface area contributed by atoms with E-state index in [1.54, 1.807) is 0 Å². The molecule has 5 nitrogen and oxygen atoms in total. The van der Waals surface area contributed by atoms with Gasteiger partial charge in [-0.1, -0.05) is 127 Å². The number of nitriles is 1. The molecule has 0 saturated carbocycles. The van der Waals surface area contributed by atoms with E-state index in [1.165, 1.54) is 16.3 Å². The number of nitrogens with zero attached hydrogens (tertiary/aromatic N) is 3. The van der Waals surface area contributed by atoms with Crippen LogP contribution in [0.1, 0.15) is 22.3 Å². The molecule has 5 heteroatoms. The molecule has 0 saturated heterocycles. The molecule has 9 aromatic rings. The molecule has 2 unspecified atom stereocenters. The number of hydrogen-bond donors (Lipinski definition) is 1. The van der Waals surface area contributed by atoms with Crippen LogP contribution in [0.15, 0.2) is 194 Å². The third-order valence-corrected chi connectivity index (χ3v) is 11.7. The highest BCUT2D eigenvalue weighted by atomic mass is 16.5. The Bertz CT molecular complexity index is 3230. The van der Waals surface area contributed by atoms with Crippen LogP contribution in [0.25, 0.3) is 66.2 Å². The molecule has 1 N–H and O–H groups in total. The van der Waals surface area contributed by atoms with Crippen LogP contribution < -0.4 is 10.1 Å². The lowest BCUT2D eigenvalue weighted by atomic mass is 9.62. The Balaban J connectivity index is 1.06. The quantitative estimate of drug-likeness (QED) is 0.178. The van der Waals surface area contributed by atoms with Gasteiger partial charge in [-0.3, -0.25) is 0 Å². The molecule has 4 heterocycles. The second-order valence-corrected chi connectivity index (χ2v) is 14.9. The number of nitrogens with one attached hydrogen (secondary N) is 1. The fourth-order valence-electron chi connectivity index (χ4n) is 8.92. The second-order valence-electron chi connectivity index (χ2n) is 14.9. The molecule has 2 aliphatic rings. The van der Waals surface area contributed by atoms with Gasteiger partial charge in [0.2, 0.25) is 0 Å². The van der Waals surface area contributed by atoms with E-state index in [0.29, 0.717) is 5.56 Å². The summed E-state index contributed by atoms with van der Waals surface area (Å²) in [5.41, 5.74) is 10.8. The van der Waals surface area contributed by atoms with Crippen LogP contribution in [0.2, 0.25) is 0 Å². The summed E-state index contributed by atoms with van der Waals surface area (Å²) in [5.74, 6) is 1.70. The van der Waals surface area contributed by atoms with Crippen molar-refractivity contribution in [2.75, 3.05) is 0 Å². The lowest BCUT2D eigenvalue weighted by Crippen LogP contribution is -2.49. The van der Waals surface area contributed by atoms with Crippen molar-refractivity contribution in [2.24, 2.45) is 0 Å². The van der Waals surface area contributed by atoms with E-state index < -0.39 is 5.41 Å². The predicted molar refractivity (Wildman–Crippen MR) is 234 cm³/mol. The van der Waals surface area contributed by atoms with Crippen LogP contribution in [0.4, 0.5) is 0 Å². The fraction of sp³-hybridized carbons (Fsp3) is 0.0377. The van der Waals surface area contributed by atoms with Crippen LogP contribution in [0, 0.1) is 11.3 Å². The van der Waals surface area contributed by atoms with E-state index in [0.717, 1.165) is 78.1 Å². The summed E-state index contributed by atoms with van der Waals surface area (Å²) in [6.07, 6.45) is 8.49. The number of benzene rings is 7. The van der Waals surface area contributed by atoms with E-state index in [4.69, 9.17) is 14.7 Å². The van der Waals surface area contributed by atoms with Crippen LogP contribution in [-0.2, 0) is 5.41 Å². The monoisotopic (exact) mass is 742 g/mol. The zero-order valence-corrected chi connectivity index (χ0v) is 31.3. The molecular weight excluding hydrogens is 709 g/mol. The minimum absolute atomic E-state index is 0.0925. The van der Waals surface area contributed by atoms with Gasteiger partial charge in [0.25, 0.3) is 0 Å². The Morgan fingerprint density at radius 1 is 0.517 bits per heavy atom. The first-order valence-corrected chi connectivity index (χ1v) is 19.5. The predicted octanol–water partition coefficient (Wildman–Crippen LogP) is 12.3. The van der Waals surface area contributed by atoms with Gasteiger partial charge in [-0.05, 0) is 94.3 Å². The second kappa shape index (κ2) is 13.4. The summed E-state index contributed by atoms with van der Waals surface area (Å²) in [6.45, 7) is 0. The van der Waals surface area contributed by atoms with Crippen LogP contribution in [0.3, 0.4) is 0 Å². The van der Waals surface area contributed by atoms with Crippen molar-refractivity contribution >= 4 is 32.6 Å². The summed E-state index contributed by atoms with van der Waals surface area (Å²) in [6, 6.07) is 61.3.